The van der Waals surface area contributed by atoms with Crippen LogP contribution in [0.3, 0.4) is 0 Å². The molecule has 0 amide bonds. The van der Waals surface area contributed by atoms with E-state index in [1.165, 1.54) is 6.07 Å². The smallest absolute Gasteiger partial charge is 0.323 e. The molecule has 1 aromatic rings. The first-order chi connectivity index (χ1) is 12.2. The molecule has 0 aromatic heterocycles. The predicted octanol–water partition coefficient (Wildman–Crippen LogP) is 2.51. The van der Waals surface area contributed by atoms with Gasteiger partial charge in [0.05, 0.1) is 17.3 Å². The average molecular weight is 405 g/mol. The van der Waals surface area contributed by atoms with E-state index in [9.17, 15) is 13.2 Å². The first kappa shape index (κ1) is 20.8. The summed E-state index contributed by atoms with van der Waals surface area (Å²) in [6, 6.07) is 5.09. The molecule has 26 heavy (non-hydrogen) atoms. The lowest BCUT2D eigenvalue weighted by Gasteiger charge is -2.35. The fourth-order valence-corrected chi connectivity index (χ4v) is 3.94. The number of carbonyl (C=O) groups excluding carboxylic acids is 1. The molecule has 1 heterocycles. The van der Waals surface area contributed by atoms with Gasteiger partial charge in [-0.05, 0) is 51.9 Å². The van der Waals surface area contributed by atoms with E-state index in [-0.39, 0.29) is 18.4 Å². The van der Waals surface area contributed by atoms with Gasteiger partial charge in [0.15, 0.2) is 5.75 Å². The van der Waals surface area contributed by atoms with Crippen LogP contribution in [0, 0.1) is 0 Å². The number of piperidine rings is 1. The number of likely N-dealkylation sites (tertiary alicyclic amines) is 1. The molecule has 2 rings (SSSR count). The maximum Gasteiger partial charge on any atom is 0.323 e. The minimum atomic E-state index is -3.86. The molecule has 0 saturated carbocycles. The van der Waals surface area contributed by atoms with Crippen molar-refractivity contribution < 1.29 is 22.7 Å². The lowest BCUT2D eigenvalue weighted by Crippen LogP contribution is -2.41. The standard InChI is InChI=1S/C17H25ClN2O5S/c1-4-24-17(21)11-26(22,23)19-13-5-6-16(15(18)10-13)25-14-7-8-20(3)12(2)9-14/h5-6,10,12,14,19H,4,7-9,11H2,1-3H3. The summed E-state index contributed by atoms with van der Waals surface area (Å²) in [6.45, 7) is 4.84. The molecule has 9 heteroatoms. The highest BCUT2D eigenvalue weighted by atomic mass is 35.5. The third kappa shape index (κ3) is 6.03. The molecule has 1 saturated heterocycles. The minimum Gasteiger partial charge on any atom is -0.489 e. The number of sulfonamides is 1. The normalized spacial score (nSPS) is 21.2. The fraction of sp³-hybridized carbons (Fsp3) is 0.588. The van der Waals surface area contributed by atoms with Crippen molar-refractivity contribution in [3.05, 3.63) is 23.2 Å². The Balaban J connectivity index is 1.99. The average Bonchev–Trinajstić information content (AvgIpc) is 2.52. The van der Waals surface area contributed by atoms with Gasteiger partial charge in [-0.15, -0.1) is 0 Å². The maximum absolute atomic E-state index is 12.0. The molecule has 0 bridgehead atoms. The number of ether oxygens (including phenoxy) is 2. The van der Waals surface area contributed by atoms with Crippen LogP contribution in [0.25, 0.3) is 0 Å². The summed E-state index contributed by atoms with van der Waals surface area (Å²) in [5, 5.41) is 0.313. The fourth-order valence-electron chi connectivity index (χ4n) is 2.77. The van der Waals surface area contributed by atoms with Gasteiger partial charge >= 0.3 is 5.97 Å². The molecule has 1 fully saturated rings. The Hall–Kier alpha value is -1.51. The Morgan fingerprint density at radius 1 is 1.42 bits per heavy atom. The van der Waals surface area contributed by atoms with Crippen LogP contribution in [0.2, 0.25) is 5.02 Å². The van der Waals surface area contributed by atoms with Crippen molar-refractivity contribution in [3.8, 4) is 5.75 Å². The first-order valence-corrected chi connectivity index (χ1v) is 10.6. The molecule has 2 atom stereocenters. The van der Waals surface area contributed by atoms with Gasteiger partial charge in [0.25, 0.3) is 0 Å². The second-order valence-electron chi connectivity index (χ2n) is 6.41. The SMILES string of the molecule is CCOC(=O)CS(=O)(=O)Nc1ccc(OC2CCN(C)C(C)C2)c(Cl)c1. The summed E-state index contributed by atoms with van der Waals surface area (Å²) in [5.74, 6) is -1.03. The Bertz CT molecular complexity index is 741. The molecule has 146 valence electrons. The molecule has 1 aliphatic rings. The zero-order chi connectivity index (χ0) is 19.3. The first-order valence-electron chi connectivity index (χ1n) is 8.52. The second-order valence-corrected chi connectivity index (χ2v) is 8.53. The molecular formula is C17H25ClN2O5S. The van der Waals surface area contributed by atoms with E-state index in [2.05, 4.69) is 28.3 Å². The number of benzene rings is 1. The molecule has 1 N–H and O–H groups in total. The lowest BCUT2D eigenvalue weighted by molar-refractivity contribution is -0.139. The van der Waals surface area contributed by atoms with Crippen LogP contribution in [-0.2, 0) is 19.6 Å². The number of nitrogens with zero attached hydrogens (tertiary/aromatic N) is 1. The molecule has 0 radical (unpaired) electrons. The van der Waals surface area contributed by atoms with Crippen molar-refractivity contribution in [3.63, 3.8) is 0 Å². The van der Waals surface area contributed by atoms with Gasteiger partial charge in [0.1, 0.15) is 11.9 Å². The molecule has 1 aliphatic heterocycles. The summed E-state index contributed by atoms with van der Waals surface area (Å²) in [4.78, 5) is 13.6. The van der Waals surface area contributed by atoms with Crippen LogP contribution in [0.15, 0.2) is 18.2 Å². The zero-order valence-electron chi connectivity index (χ0n) is 15.2. The van der Waals surface area contributed by atoms with E-state index in [1.807, 2.05) is 0 Å². The van der Waals surface area contributed by atoms with Crippen molar-refractivity contribution in [2.45, 2.75) is 38.8 Å². The zero-order valence-corrected chi connectivity index (χ0v) is 16.8. The van der Waals surface area contributed by atoms with Crippen LogP contribution in [-0.4, -0.2) is 57.4 Å². The third-order valence-electron chi connectivity index (χ3n) is 4.27. The minimum absolute atomic E-state index is 0.0741. The van der Waals surface area contributed by atoms with E-state index >= 15 is 0 Å². The van der Waals surface area contributed by atoms with Crippen molar-refractivity contribution in [2.75, 3.05) is 30.7 Å². The Labute approximate surface area is 159 Å². The second kappa shape index (κ2) is 8.92. The van der Waals surface area contributed by atoms with Crippen LogP contribution >= 0.6 is 11.6 Å². The Kier molecular flexibility index (Phi) is 7.14. The van der Waals surface area contributed by atoms with Gasteiger partial charge in [0.2, 0.25) is 10.0 Å². The van der Waals surface area contributed by atoms with Gasteiger partial charge < -0.3 is 14.4 Å². The van der Waals surface area contributed by atoms with E-state index in [1.54, 1.807) is 19.1 Å². The number of hydrogen-bond acceptors (Lipinski definition) is 6. The van der Waals surface area contributed by atoms with Crippen LogP contribution in [0.4, 0.5) is 5.69 Å². The summed E-state index contributed by atoms with van der Waals surface area (Å²) >= 11 is 6.24. The highest BCUT2D eigenvalue weighted by molar-refractivity contribution is 7.93. The quantitative estimate of drug-likeness (QED) is 0.703. The number of anilines is 1. The van der Waals surface area contributed by atoms with Crippen LogP contribution < -0.4 is 9.46 Å². The van der Waals surface area contributed by atoms with Crippen LogP contribution in [0.5, 0.6) is 5.75 Å². The predicted molar refractivity (Wildman–Crippen MR) is 101 cm³/mol. The summed E-state index contributed by atoms with van der Waals surface area (Å²) in [5.41, 5.74) is 0.267. The largest absolute Gasteiger partial charge is 0.489 e. The summed E-state index contributed by atoms with van der Waals surface area (Å²) in [7, 11) is -1.77. The lowest BCUT2D eigenvalue weighted by atomic mass is 10.0. The van der Waals surface area contributed by atoms with E-state index in [0.717, 1.165) is 19.4 Å². The van der Waals surface area contributed by atoms with Crippen molar-refractivity contribution in [2.24, 2.45) is 0 Å². The number of nitrogens with one attached hydrogen (secondary N) is 1. The Morgan fingerprint density at radius 3 is 2.77 bits per heavy atom. The van der Waals surface area contributed by atoms with Gasteiger partial charge in [-0.2, -0.15) is 0 Å². The van der Waals surface area contributed by atoms with Gasteiger partial charge in [-0.3, -0.25) is 9.52 Å². The highest BCUT2D eigenvalue weighted by Gasteiger charge is 2.25. The van der Waals surface area contributed by atoms with Crippen molar-refractivity contribution in [1.29, 1.82) is 0 Å². The van der Waals surface area contributed by atoms with Crippen molar-refractivity contribution >= 4 is 33.3 Å². The number of halogens is 1. The number of esters is 1. The summed E-state index contributed by atoms with van der Waals surface area (Å²) in [6.07, 6.45) is 1.89. The van der Waals surface area contributed by atoms with Gasteiger partial charge in [-0.1, -0.05) is 11.6 Å². The Morgan fingerprint density at radius 2 is 2.15 bits per heavy atom. The topological polar surface area (TPSA) is 84.9 Å². The van der Waals surface area contributed by atoms with E-state index in [4.69, 9.17) is 16.3 Å². The monoisotopic (exact) mass is 404 g/mol. The molecular weight excluding hydrogens is 380 g/mol. The molecule has 0 spiro atoms. The third-order valence-corrected chi connectivity index (χ3v) is 5.73. The number of carbonyl (C=O) groups is 1. The number of rotatable bonds is 7. The maximum atomic E-state index is 12.0. The van der Waals surface area contributed by atoms with Crippen molar-refractivity contribution in [1.82, 2.24) is 4.90 Å². The summed E-state index contributed by atoms with van der Waals surface area (Å²) < 4.78 is 36.9. The molecule has 1 aromatic carbocycles. The number of hydrogen-bond donors (Lipinski definition) is 1. The van der Waals surface area contributed by atoms with E-state index < -0.39 is 21.7 Å². The molecule has 2 unspecified atom stereocenters. The highest BCUT2D eigenvalue weighted by Crippen LogP contribution is 2.31. The van der Waals surface area contributed by atoms with E-state index in [0.29, 0.717) is 16.8 Å². The van der Waals surface area contributed by atoms with Gasteiger partial charge in [0, 0.05) is 12.6 Å². The molecule has 7 nitrogen and oxygen atoms in total. The van der Waals surface area contributed by atoms with Crippen LogP contribution in [0.1, 0.15) is 26.7 Å². The van der Waals surface area contributed by atoms with Gasteiger partial charge in [-0.25, -0.2) is 8.42 Å². The molecule has 0 aliphatic carbocycles.